The second kappa shape index (κ2) is 4.53. The standard InChI is InChI=1S/C12H16N4O/c1-4-8-6-10(12(17)13-5-2)15-11-9(8)7-14-16(11)3/h6-7H,4-5H2,1-3H3,(H,13,17). The number of aromatic nitrogens is 3. The first-order valence-electron chi connectivity index (χ1n) is 5.77. The van der Waals surface area contributed by atoms with E-state index in [9.17, 15) is 4.79 Å². The van der Waals surface area contributed by atoms with Gasteiger partial charge in [-0.2, -0.15) is 5.10 Å². The summed E-state index contributed by atoms with van der Waals surface area (Å²) in [5.41, 5.74) is 2.31. The van der Waals surface area contributed by atoms with Gasteiger partial charge in [-0.25, -0.2) is 4.98 Å². The Morgan fingerprint density at radius 1 is 1.47 bits per heavy atom. The first kappa shape index (κ1) is 11.6. The molecule has 0 spiro atoms. The lowest BCUT2D eigenvalue weighted by molar-refractivity contribution is 0.0951. The summed E-state index contributed by atoms with van der Waals surface area (Å²) in [6.07, 6.45) is 2.65. The van der Waals surface area contributed by atoms with Crippen LogP contribution < -0.4 is 5.32 Å². The van der Waals surface area contributed by atoms with Gasteiger partial charge in [-0.1, -0.05) is 6.92 Å². The van der Waals surface area contributed by atoms with E-state index >= 15 is 0 Å². The molecule has 2 aromatic rings. The molecule has 2 heterocycles. The van der Waals surface area contributed by atoms with Crippen LogP contribution in [-0.4, -0.2) is 27.2 Å². The van der Waals surface area contributed by atoms with Crippen LogP contribution in [0, 0.1) is 0 Å². The third kappa shape index (κ3) is 2.00. The predicted molar refractivity (Wildman–Crippen MR) is 65.9 cm³/mol. The van der Waals surface area contributed by atoms with Gasteiger partial charge >= 0.3 is 0 Å². The van der Waals surface area contributed by atoms with E-state index in [0.29, 0.717) is 12.2 Å². The van der Waals surface area contributed by atoms with Gasteiger partial charge < -0.3 is 5.32 Å². The summed E-state index contributed by atoms with van der Waals surface area (Å²) in [6.45, 7) is 4.55. The molecule has 0 saturated heterocycles. The van der Waals surface area contributed by atoms with Crippen molar-refractivity contribution in [2.75, 3.05) is 6.54 Å². The molecule has 17 heavy (non-hydrogen) atoms. The number of hydrogen-bond acceptors (Lipinski definition) is 3. The minimum Gasteiger partial charge on any atom is -0.351 e. The van der Waals surface area contributed by atoms with E-state index < -0.39 is 0 Å². The maximum atomic E-state index is 11.8. The van der Waals surface area contributed by atoms with Crippen LogP contribution in [-0.2, 0) is 13.5 Å². The zero-order valence-electron chi connectivity index (χ0n) is 10.3. The Bertz CT molecular complexity index is 559. The second-order valence-electron chi connectivity index (χ2n) is 3.89. The fourth-order valence-electron chi connectivity index (χ4n) is 1.84. The van der Waals surface area contributed by atoms with Crippen molar-refractivity contribution in [3.05, 3.63) is 23.5 Å². The summed E-state index contributed by atoms with van der Waals surface area (Å²) in [5, 5.41) is 7.95. The molecular weight excluding hydrogens is 216 g/mol. The number of nitrogens with one attached hydrogen (secondary N) is 1. The van der Waals surface area contributed by atoms with Gasteiger partial charge in [0, 0.05) is 19.0 Å². The third-order valence-corrected chi connectivity index (χ3v) is 2.74. The summed E-state index contributed by atoms with van der Waals surface area (Å²) >= 11 is 0. The van der Waals surface area contributed by atoms with Crippen LogP contribution in [0.1, 0.15) is 29.9 Å². The van der Waals surface area contributed by atoms with Gasteiger partial charge in [0.05, 0.1) is 6.20 Å². The van der Waals surface area contributed by atoms with Crippen molar-refractivity contribution >= 4 is 16.9 Å². The largest absolute Gasteiger partial charge is 0.351 e. The Morgan fingerprint density at radius 3 is 2.88 bits per heavy atom. The smallest absolute Gasteiger partial charge is 0.269 e. The minimum atomic E-state index is -0.134. The fourth-order valence-corrected chi connectivity index (χ4v) is 1.84. The molecule has 5 heteroatoms. The molecule has 1 N–H and O–H groups in total. The van der Waals surface area contributed by atoms with Gasteiger partial charge in [-0.05, 0) is 25.0 Å². The molecule has 5 nitrogen and oxygen atoms in total. The monoisotopic (exact) mass is 232 g/mol. The summed E-state index contributed by atoms with van der Waals surface area (Å²) < 4.78 is 1.69. The molecule has 90 valence electrons. The Labute approximate surface area is 99.8 Å². The number of amides is 1. The number of nitrogens with zero attached hydrogens (tertiary/aromatic N) is 3. The van der Waals surface area contributed by atoms with Gasteiger partial charge in [0.1, 0.15) is 5.69 Å². The van der Waals surface area contributed by atoms with Gasteiger partial charge in [-0.15, -0.1) is 0 Å². The van der Waals surface area contributed by atoms with E-state index in [-0.39, 0.29) is 5.91 Å². The van der Waals surface area contributed by atoms with E-state index in [2.05, 4.69) is 22.3 Å². The summed E-state index contributed by atoms with van der Waals surface area (Å²) in [7, 11) is 1.83. The van der Waals surface area contributed by atoms with Crippen LogP contribution in [0.5, 0.6) is 0 Å². The van der Waals surface area contributed by atoms with Crippen molar-refractivity contribution in [2.45, 2.75) is 20.3 Å². The predicted octanol–water partition coefficient (Wildman–Crippen LogP) is 1.28. The van der Waals surface area contributed by atoms with Crippen molar-refractivity contribution in [3.8, 4) is 0 Å². The molecule has 2 rings (SSSR count). The van der Waals surface area contributed by atoms with Crippen molar-refractivity contribution < 1.29 is 4.79 Å². The Hall–Kier alpha value is -1.91. The highest BCUT2D eigenvalue weighted by Crippen LogP contribution is 2.18. The highest BCUT2D eigenvalue weighted by Gasteiger charge is 2.12. The SMILES string of the molecule is CCNC(=O)c1cc(CC)c2cnn(C)c2n1. The molecule has 0 radical (unpaired) electrons. The Morgan fingerprint density at radius 2 is 2.24 bits per heavy atom. The molecule has 0 saturated carbocycles. The summed E-state index contributed by atoms with van der Waals surface area (Å²) in [5.74, 6) is -0.134. The first-order valence-corrected chi connectivity index (χ1v) is 5.77. The lowest BCUT2D eigenvalue weighted by Gasteiger charge is -2.05. The average Bonchev–Trinajstić information content (AvgIpc) is 2.70. The molecule has 0 aliphatic rings. The van der Waals surface area contributed by atoms with Crippen molar-refractivity contribution in [1.82, 2.24) is 20.1 Å². The van der Waals surface area contributed by atoms with E-state index in [1.807, 2.05) is 20.0 Å². The normalized spacial score (nSPS) is 10.8. The number of pyridine rings is 1. The number of fused-ring (bicyclic) bond motifs is 1. The lowest BCUT2D eigenvalue weighted by atomic mass is 10.1. The lowest BCUT2D eigenvalue weighted by Crippen LogP contribution is -2.24. The van der Waals surface area contributed by atoms with Crippen LogP contribution in [0.3, 0.4) is 0 Å². The first-order chi connectivity index (χ1) is 8.17. The van der Waals surface area contributed by atoms with E-state index in [1.165, 1.54) is 0 Å². The summed E-state index contributed by atoms with van der Waals surface area (Å²) in [4.78, 5) is 16.1. The Kier molecular flexibility index (Phi) is 3.08. The number of carbonyl (C=O) groups is 1. The molecule has 2 aromatic heterocycles. The third-order valence-electron chi connectivity index (χ3n) is 2.74. The van der Waals surface area contributed by atoms with Crippen LogP contribution >= 0.6 is 0 Å². The van der Waals surface area contributed by atoms with Crippen molar-refractivity contribution in [3.63, 3.8) is 0 Å². The molecule has 0 aliphatic heterocycles. The molecule has 1 amide bonds. The number of aryl methyl sites for hydroxylation is 2. The van der Waals surface area contributed by atoms with Gasteiger partial charge in [-0.3, -0.25) is 9.48 Å². The maximum absolute atomic E-state index is 11.8. The minimum absolute atomic E-state index is 0.134. The van der Waals surface area contributed by atoms with E-state index in [0.717, 1.165) is 23.0 Å². The van der Waals surface area contributed by atoms with Gasteiger partial charge in [0.15, 0.2) is 5.65 Å². The van der Waals surface area contributed by atoms with E-state index in [1.54, 1.807) is 10.9 Å². The van der Waals surface area contributed by atoms with Crippen LogP contribution in [0.25, 0.3) is 11.0 Å². The highest BCUT2D eigenvalue weighted by molar-refractivity contribution is 5.95. The molecule has 0 unspecified atom stereocenters. The second-order valence-corrected chi connectivity index (χ2v) is 3.89. The van der Waals surface area contributed by atoms with Crippen molar-refractivity contribution in [2.24, 2.45) is 7.05 Å². The summed E-state index contributed by atoms with van der Waals surface area (Å²) in [6, 6.07) is 1.84. The number of rotatable bonds is 3. The topological polar surface area (TPSA) is 59.8 Å². The van der Waals surface area contributed by atoms with E-state index in [4.69, 9.17) is 0 Å². The fraction of sp³-hybridized carbons (Fsp3) is 0.417. The molecule has 0 fully saturated rings. The number of carbonyl (C=O) groups excluding carboxylic acids is 1. The average molecular weight is 232 g/mol. The molecule has 0 atom stereocenters. The van der Waals surface area contributed by atoms with Crippen LogP contribution in [0.15, 0.2) is 12.3 Å². The van der Waals surface area contributed by atoms with Crippen LogP contribution in [0.4, 0.5) is 0 Å². The quantitative estimate of drug-likeness (QED) is 0.867. The van der Waals surface area contributed by atoms with Gasteiger partial charge in [0.25, 0.3) is 5.91 Å². The highest BCUT2D eigenvalue weighted by atomic mass is 16.1. The van der Waals surface area contributed by atoms with Crippen LogP contribution in [0.2, 0.25) is 0 Å². The molecule has 0 aromatic carbocycles. The zero-order chi connectivity index (χ0) is 12.4. The maximum Gasteiger partial charge on any atom is 0.269 e. The zero-order valence-corrected chi connectivity index (χ0v) is 10.3. The molecule has 0 aliphatic carbocycles. The Balaban J connectivity index is 2.58. The molecule has 0 bridgehead atoms. The van der Waals surface area contributed by atoms with Crippen molar-refractivity contribution in [1.29, 1.82) is 0 Å². The number of hydrogen-bond donors (Lipinski definition) is 1. The van der Waals surface area contributed by atoms with Gasteiger partial charge in [0.2, 0.25) is 0 Å². The molecular formula is C12H16N4O.